The lowest BCUT2D eigenvalue weighted by atomic mass is 10.1. The molecule has 0 atom stereocenters. The molecule has 3 aromatic heterocycles. The molecule has 0 bridgehead atoms. The summed E-state index contributed by atoms with van der Waals surface area (Å²) in [7, 11) is 0. The van der Waals surface area contributed by atoms with Crippen LogP contribution in [0.15, 0.2) is 66.2 Å². The smallest absolute Gasteiger partial charge is 0.194 e. The van der Waals surface area contributed by atoms with E-state index < -0.39 is 0 Å². The van der Waals surface area contributed by atoms with Crippen LogP contribution in [0.4, 0.5) is 0 Å². The van der Waals surface area contributed by atoms with Crippen LogP contribution in [0.25, 0.3) is 37.1 Å². The summed E-state index contributed by atoms with van der Waals surface area (Å²) in [5, 5.41) is 3.07. The van der Waals surface area contributed by atoms with E-state index in [9.17, 15) is 0 Å². The highest BCUT2D eigenvalue weighted by Crippen LogP contribution is 2.37. The van der Waals surface area contributed by atoms with Crippen LogP contribution in [0.5, 0.6) is 0 Å². The lowest BCUT2D eigenvalue weighted by Crippen LogP contribution is -1.86. The zero-order valence-electron chi connectivity index (χ0n) is 12.0. The molecule has 23 heavy (non-hydrogen) atoms. The third-order valence-corrected chi connectivity index (χ3v) is 5.61. The highest BCUT2D eigenvalue weighted by Gasteiger charge is 2.19. The van der Waals surface area contributed by atoms with Crippen LogP contribution in [0.1, 0.15) is 0 Å². The molecule has 0 aliphatic rings. The Labute approximate surface area is 140 Å². The number of benzene rings is 2. The summed E-state index contributed by atoms with van der Waals surface area (Å²) in [6, 6.07) is 18.6. The van der Waals surface area contributed by atoms with Crippen molar-refractivity contribution in [1.82, 2.24) is 14.4 Å². The van der Waals surface area contributed by atoms with Crippen LogP contribution < -0.4 is 0 Å². The predicted molar refractivity (Wildman–Crippen MR) is 97.1 cm³/mol. The predicted octanol–water partition coefficient (Wildman–Crippen LogP) is 5.34. The molecule has 0 N–H and O–H groups in total. The first-order chi connectivity index (χ1) is 11.4. The molecular weight excluding hydrogens is 322 g/mol. The summed E-state index contributed by atoms with van der Waals surface area (Å²) in [5.74, 6) is 0. The molecule has 2 aromatic carbocycles. The Morgan fingerprint density at radius 1 is 0.870 bits per heavy atom. The molecule has 3 nitrogen and oxygen atoms in total. The standard InChI is InChI=1S/C18H11N3S2/c1-2-6-12(7-3-1)15-16(21-10-11-22-18(21)20-15)17-19-13-8-4-5-9-14(13)23-17/h1-11H. The minimum Gasteiger partial charge on any atom is -0.287 e. The molecule has 0 aliphatic heterocycles. The van der Waals surface area contributed by atoms with Crippen molar-refractivity contribution in [1.29, 1.82) is 0 Å². The van der Waals surface area contributed by atoms with Gasteiger partial charge >= 0.3 is 0 Å². The van der Waals surface area contributed by atoms with E-state index in [0.29, 0.717) is 0 Å². The van der Waals surface area contributed by atoms with Crippen molar-refractivity contribution in [2.24, 2.45) is 0 Å². The summed E-state index contributed by atoms with van der Waals surface area (Å²) >= 11 is 3.36. The van der Waals surface area contributed by atoms with E-state index in [1.54, 1.807) is 22.7 Å². The maximum atomic E-state index is 4.84. The maximum Gasteiger partial charge on any atom is 0.194 e. The third kappa shape index (κ3) is 2.01. The second-order valence-electron chi connectivity index (χ2n) is 5.22. The Hall–Kier alpha value is -2.50. The lowest BCUT2D eigenvalue weighted by molar-refractivity contribution is 1.23. The first-order valence-electron chi connectivity index (χ1n) is 7.27. The zero-order chi connectivity index (χ0) is 15.2. The zero-order valence-corrected chi connectivity index (χ0v) is 13.6. The van der Waals surface area contributed by atoms with E-state index in [2.05, 4.69) is 46.3 Å². The van der Waals surface area contributed by atoms with Crippen molar-refractivity contribution in [3.05, 3.63) is 66.2 Å². The Balaban J connectivity index is 1.84. The fraction of sp³-hybridized carbons (Fsp3) is 0. The summed E-state index contributed by atoms with van der Waals surface area (Å²) < 4.78 is 3.34. The summed E-state index contributed by atoms with van der Waals surface area (Å²) in [4.78, 5) is 10.7. The molecule has 0 radical (unpaired) electrons. The van der Waals surface area contributed by atoms with Gasteiger partial charge in [0.2, 0.25) is 0 Å². The van der Waals surface area contributed by atoms with E-state index in [1.165, 1.54) is 4.70 Å². The molecule has 3 heterocycles. The fourth-order valence-corrected chi connectivity index (χ4v) is 4.48. The largest absolute Gasteiger partial charge is 0.287 e. The van der Waals surface area contributed by atoms with Crippen LogP contribution >= 0.6 is 22.7 Å². The third-order valence-electron chi connectivity index (χ3n) is 3.81. The highest BCUT2D eigenvalue weighted by atomic mass is 32.1. The van der Waals surface area contributed by atoms with E-state index in [1.807, 2.05) is 24.3 Å². The van der Waals surface area contributed by atoms with Gasteiger partial charge in [-0.25, -0.2) is 9.97 Å². The normalized spacial score (nSPS) is 11.5. The molecule has 110 valence electrons. The van der Waals surface area contributed by atoms with Gasteiger partial charge in [-0.05, 0) is 12.1 Å². The van der Waals surface area contributed by atoms with Gasteiger partial charge in [0.25, 0.3) is 0 Å². The van der Waals surface area contributed by atoms with Gasteiger partial charge in [0.1, 0.15) is 16.4 Å². The number of imidazole rings is 1. The Bertz CT molecular complexity index is 1090. The fourth-order valence-electron chi connectivity index (χ4n) is 2.76. The molecule has 0 saturated carbocycles. The van der Waals surface area contributed by atoms with Gasteiger partial charge in [0.15, 0.2) is 4.96 Å². The van der Waals surface area contributed by atoms with Gasteiger partial charge < -0.3 is 0 Å². The maximum absolute atomic E-state index is 4.84. The van der Waals surface area contributed by atoms with Gasteiger partial charge in [-0.15, -0.1) is 22.7 Å². The number of hydrogen-bond acceptors (Lipinski definition) is 4. The summed E-state index contributed by atoms with van der Waals surface area (Å²) in [6.07, 6.45) is 2.07. The highest BCUT2D eigenvalue weighted by molar-refractivity contribution is 7.21. The molecule has 0 amide bonds. The number of rotatable bonds is 2. The molecule has 5 rings (SSSR count). The van der Waals surface area contributed by atoms with E-state index in [4.69, 9.17) is 9.97 Å². The van der Waals surface area contributed by atoms with Crippen molar-refractivity contribution in [3.63, 3.8) is 0 Å². The Morgan fingerprint density at radius 2 is 1.70 bits per heavy atom. The average Bonchev–Trinajstić information content (AvgIpc) is 3.28. The molecule has 0 aliphatic carbocycles. The number of hydrogen-bond donors (Lipinski definition) is 0. The minimum absolute atomic E-state index is 0.997. The molecule has 0 unspecified atom stereocenters. The first kappa shape index (κ1) is 13.0. The van der Waals surface area contributed by atoms with Crippen LogP contribution in [-0.4, -0.2) is 14.4 Å². The number of thiazole rings is 2. The average molecular weight is 333 g/mol. The quantitative estimate of drug-likeness (QED) is 0.436. The van der Waals surface area contributed by atoms with Gasteiger partial charge in [0, 0.05) is 17.1 Å². The Morgan fingerprint density at radius 3 is 2.57 bits per heavy atom. The van der Waals surface area contributed by atoms with Crippen molar-refractivity contribution in [3.8, 4) is 22.0 Å². The number of nitrogens with zero attached hydrogens (tertiary/aromatic N) is 3. The number of fused-ring (bicyclic) bond motifs is 2. The number of para-hydroxylation sites is 1. The molecule has 0 saturated heterocycles. The van der Waals surface area contributed by atoms with Crippen molar-refractivity contribution >= 4 is 37.9 Å². The van der Waals surface area contributed by atoms with Crippen LogP contribution in [0.3, 0.4) is 0 Å². The van der Waals surface area contributed by atoms with Crippen molar-refractivity contribution in [2.75, 3.05) is 0 Å². The SMILES string of the molecule is c1ccc(-c2nc3sccn3c2-c2nc3ccccc3s2)cc1. The van der Waals surface area contributed by atoms with Gasteiger partial charge in [-0.2, -0.15) is 0 Å². The van der Waals surface area contributed by atoms with Gasteiger partial charge in [-0.1, -0.05) is 42.5 Å². The number of aromatic nitrogens is 3. The van der Waals surface area contributed by atoms with E-state index in [-0.39, 0.29) is 0 Å². The van der Waals surface area contributed by atoms with Crippen LogP contribution in [0.2, 0.25) is 0 Å². The molecule has 0 fully saturated rings. The van der Waals surface area contributed by atoms with Crippen molar-refractivity contribution in [2.45, 2.75) is 0 Å². The molecular formula is C18H11N3S2. The monoisotopic (exact) mass is 333 g/mol. The van der Waals surface area contributed by atoms with Crippen LogP contribution in [-0.2, 0) is 0 Å². The molecule has 5 heteroatoms. The minimum atomic E-state index is 0.997. The topological polar surface area (TPSA) is 30.2 Å². The summed E-state index contributed by atoms with van der Waals surface area (Å²) in [5.41, 5.74) is 4.24. The molecule has 5 aromatic rings. The molecule has 0 spiro atoms. The van der Waals surface area contributed by atoms with Crippen molar-refractivity contribution < 1.29 is 0 Å². The van der Waals surface area contributed by atoms with Gasteiger partial charge in [0.05, 0.1) is 10.2 Å². The van der Waals surface area contributed by atoms with E-state index >= 15 is 0 Å². The summed E-state index contributed by atoms with van der Waals surface area (Å²) in [6.45, 7) is 0. The van der Waals surface area contributed by atoms with Crippen LogP contribution in [0, 0.1) is 0 Å². The van der Waals surface area contributed by atoms with E-state index in [0.717, 1.165) is 32.4 Å². The second kappa shape index (κ2) is 5.01. The lowest BCUT2D eigenvalue weighted by Gasteiger charge is -2.01. The first-order valence-corrected chi connectivity index (χ1v) is 8.97. The Kier molecular flexibility index (Phi) is 2.83. The van der Waals surface area contributed by atoms with Gasteiger partial charge in [-0.3, -0.25) is 4.40 Å². The second-order valence-corrected chi connectivity index (χ2v) is 7.12.